The number of amides is 2. The molecule has 0 spiro atoms. The fraction of sp³-hybridized carbons (Fsp3) is 0.500. The SMILES string of the molecule is CS(=O)(=O)N1CCN(C(=O)[C@@H]2CC(=O)N(c3cccc(Cl)c3)C2)CC1. The van der Waals surface area contributed by atoms with Crippen molar-refractivity contribution in [2.45, 2.75) is 6.42 Å². The zero-order valence-electron chi connectivity index (χ0n) is 13.9. The summed E-state index contributed by atoms with van der Waals surface area (Å²) < 4.78 is 24.5. The lowest BCUT2D eigenvalue weighted by Crippen LogP contribution is -2.51. The Morgan fingerprint density at radius 3 is 2.48 bits per heavy atom. The molecular formula is C16H20ClN3O4S. The van der Waals surface area contributed by atoms with Crippen LogP contribution in [0.3, 0.4) is 0 Å². The first-order valence-electron chi connectivity index (χ1n) is 8.05. The molecule has 0 bridgehead atoms. The number of benzene rings is 1. The topological polar surface area (TPSA) is 78.0 Å². The van der Waals surface area contributed by atoms with E-state index in [4.69, 9.17) is 11.6 Å². The van der Waals surface area contributed by atoms with E-state index in [9.17, 15) is 18.0 Å². The summed E-state index contributed by atoms with van der Waals surface area (Å²) in [6, 6.07) is 7.00. The van der Waals surface area contributed by atoms with Crippen LogP contribution in [0.4, 0.5) is 5.69 Å². The van der Waals surface area contributed by atoms with Gasteiger partial charge in [0.05, 0.1) is 12.2 Å². The minimum atomic E-state index is -3.23. The lowest BCUT2D eigenvalue weighted by molar-refractivity contribution is -0.136. The van der Waals surface area contributed by atoms with Gasteiger partial charge in [0.1, 0.15) is 0 Å². The van der Waals surface area contributed by atoms with Gasteiger partial charge in [-0.2, -0.15) is 4.31 Å². The van der Waals surface area contributed by atoms with E-state index in [1.54, 1.807) is 34.1 Å². The molecule has 2 amide bonds. The predicted octanol–water partition coefficient (Wildman–Crippen LogP) is 0.797. The summed E-state index contributed by atoms with van der Waals surface area (Å²) in [5, 5.41) is 0.539. The number of hydrogen-bond donors (Lipinski definition) is 0. The van der Waals surface area contributed by atoms with Crippen LogP contribution < -0.4 is 4.90 Å². The summed E-state index contributed by atoms with van der Waals surface area (Å²) in [6.07, 6.45) is 1.33. The normalized spacial score (nSPS) is 22.5. The number of piperazine rings is 1. The highest BCUT2D eigenvalue weighted by atomic mass is 35.5. The molecule has 3 rings (SSSR count). The molecule has 2 heterocycles. The number of carbonyl (C=O) groups is 2. The Morgan fingerprint density at radius 1 is 1.20 bits per heavy atom. The second-order valence-electron chi connectivity index (χ2n) is 6.37. The summed E-state index contributed by atoms with van der Waals surface area (Å²) in [5.74, 6) is -0.599. The van der Waals surface area contributed by atoms with Gasteiger partial charge in [-0.1, -0.05) is 17.7 Å². The second kappa shape index (κ2) is 6.93. The highest BCUT2D eigenvalue weighted by molar-refractivity contribution is 7.88. The average molecular weight is 386 g/mol. The highest BCUT2D eigenvalue weighted by Crippen LogP contribution is 2.28. The van der Waals surface area contributed by atoms with Crippen molar-refractivity contribution < 1.29 is 18.0 Å². The van der Waals surface area contributed by atoms with Crippen LogP contribution in [-0.4, -0.2) is 68.4 Å². The van der Waals surface area contributed by atoms with Gasteiger partial charge in [-0.05, 0) is 18.2 Å². The Hall–Kier alpha value is -1.64. The molecule has 7 nitrogen and oxygen atoms in total. The Morgan fingerprint density at radius 2 is 1.88 bits per heavy atom. The van der Waals surface area contributed by atoms with E-state index < -0.39 is 15.9 Å². The lowest BCUT2D eigenvalue weighted by Gasteiger charge is -2.34. The van der Waals surface area contributed by atoms with Crippen LogP contribution in [0.15, 0.2) is 24.3 Å². The highest BCUT2D eigenvalue weighted by Gasteiger charge is 2.38. The maximum atomic E-state index is 12.7. The largest absolute Gasteiger partial charge is 0.340 e. The van der Waals surface area contributed by atoms with Gasteiger partial charge in [0.2, 0.25) is 21.8 Å². The van der Waals surface area contributed by atoms with Crippen molar-refractivity contribution in [2.24, 2.45) is 5.92 Å². The third-order valence-electron chi connectivity index (χ3n) is 4.61. The third-order valence-corrected chi connectivity index (χ3v) is 6.15. The third kappa shape index (κ3) is 3.96. The Kier molecular flexibility index (Phi) is 5.04. The Labute approximate surface area is 152 Å². The molecule has 1 atom stereocenters. The van der Waals surface area contributed by atoms with E-state index in [-0.39, 0.29) is 18.2 Å². The van der Waals surface area contributed by atoms with Crippen molar-refractivity contribution in [2.75, 3.05) is 43.9 Å². The Balaban J connectivity index is 1.64. The van der Waals surface area contributed by atoms with E-state index in [0.717, 1.165) is 0 Å². The van der Waals surface area contributed by atoms with Gasteiger partial charge >= 0.3 is 0 Å². The van der Waals surface area contributed by atoms with Crippen LogP contribution in [0.1, 0.15) is 6.42 Å². The number of carbonyl (C=O) groups excluding carboxylic acids is 2. The number of nitrogens with zero attached hydrogens (tertiary/aromatic N) is 3. The number of halogens is 1. The van der Waals surface area contributed by atoms with Crippen molar-refractivity contribution in [3.8, 4) is 0 Å². The maximum Gasteiger partial charge on any atom is 0.228 e. The van der Waals surface area contributed by atoms with Gasteiger partial charge in [-0.3, -0.25) is 9.59 Å². The maximum absolute atomic E-state index is 12.7. The standard InChI is InChI=1S/C16H20ClN3O4S/c1-25(23,24)19-7-5-18(6-8-19)16(22)12-9-15(21)20(11-12)14-4-2-3-13(17)10-14/h2-4,10,12H,5-9,11H2,1H3/t12-/m1/s1. The van der Waals surface area contributed by atoms with Crippen molar-refractivity contribution in [3.05, 3.63) is 29.3 Å². The van der Waals surface area contributed by atoms with E-state index in [2.05, 4.69) is 0 Å². The molecule has 0 aliphatic carbocycles. The van der Waals surface area contributed by atoms with Crippen molar-refractivity contribution in [3.63, 3.8) is 0 Å². The van der Waals surface area contributed by atoms with E-state index in [0.29, 0.717) is 43.4 Å². The number of sulfonamides is 1. The molecule has 2 fully saturated rings. The molecule has 25 heavy (non-hydrogen) atoms. The van der Waals surface area contributed by atoms with Crippen LogP contribution in [-0.2, 0) is 19.6 Å². The molecule has 1 aromatic rings. The minimum Gasteiger partial charge on any atom is -0.340 e. The first-order chi connectivity index (χ1) is 11.8. The second-order valence-corrected chi connectivity index (χ2v) is 8.79. The van der Waals surface area contributed by atoms with Gasteiger partial charge in [0, 0.05) is 49.9 Å². The molecule has 2 saturated heterocycles. The fourth-order valence-corrected chi connectivity index (χ4v) is 4.28. The number of hydrogen-bond acceptors (Lipinski definition) is 4. The summed E-state index contributed by atoms with van der Waals surface area (Å²) in [6.45, 7) is 1.62. The van der Waals surface area contributed by atoms with Gasteiger partial charge < -0.3 is 9.80 Å². The van der Waals surface area contributed by atoms with Crippen LogP contribution in [0.2, 0.25) is 5.02 Å². The van der Waals surface area contributed by atoms with Gasteiger partial charge in [0.25, 0.3) is 0 Å². The molecule has 9 heteroatoms. The van der Waals surface area contributed by atoms with Gasteiger partial charge in [-0.25, -0.2) is 8.42 Å². The van der Waals surface area contributed by atoms with Gasteiger partial charge in [-0.15, -0.1) is 0 Å². The quantitative estimate of drug-likeness (QED) is 0.771. The monoisotopic (exact) mass is 385 g/mol. The number of rotatable bonds is 3. The molecule has 2 aliphatic rings. The summed E-state index contributed by atoms with van der Waals surface area (Å²) >= 11 is 5.98. The molecule has 2 aliphatic heterocycles. The van der Waals surface area contributed by atoms with Crippen molar-refractivity contribution >= 4 is 39.1 Å². The number of anilines is 1. The fourth-order valence-electron chi connectivity index (χ4n) is 3.26. The molecule has 0 unspecified atom stereocenters. The van der Waals surface area contributed by atoms with E-state index >= 15 is 0 Å². The average Bonchev–Trinajstić information content (AvgIpc) is 2.95. The summed E-state index contributed by atoms with van der Waals surface area (Å²) in [7, 11) is -3.23. The molecule has 0 N–H and O–H groups in total. The van der Waals surface area contributed by atoms with E-state index in [1.807, 2.05) is 0 Å². The minimum absolute atomic E-state index is 0.0916. The predicted molar refractivity (Wildman–Crippen MR) is 94.9 cm³/mol. The van der Waals surface area contributed by atoms with Crippen LogP contribution in [0, 0.1) is 5.92 Å². The molecule has 136 valence electrons. The van der Waals surface area contributed by atoms with E-state index in [1.165, 1.54) is 10.6 Å². The molecule has 1 aromatic carbocycles. The molecule has 0 radical (unpaired) electrons. The molecule has 0 saturated carbocycles. The Bertz CT molecular complexity index is 790. The van der Waals surface area contributed by atoms with Crippen LogP contribution in [0.25, 0.3) is 0 Å². The molecule has 0 aromatic heterocycles. The zero-order valence-corrected chi connectivity index (χ0v) is 15.5. The summed E-state index contributed by atoms with van der Waals surface area (Å²) in [5.41, 5.74) is 0.690. The lowest BCUT2D eigenvalue weighted by atomic mass is 10.1. The zero-order chi connectivity index (χ0) is 18.2. The first kappa shape index (κ1) is 18.2. The summed E-state index contributed by atoms with van der Waals surface area (Å²) in [4.78, 5) is 28.2. The van der Waals surface area contributed by atoms with Crippen LogP contribution in [0.5, 0.6) is 0 Å². The molecular weight excluding hydrogens is 366 g/mol. The first-order valence-corrected chi connectivity index (χ1v) is 10.3. The van der Waals surface area contributed by atoms with Gasteiger partial charge in [0.15, 0.2) is 0 Å². The van der Waals surface area contributed by atoms with Crippen molar-refractivity contribution in [1.29, 1.82) is 0 Å². The smallest absolute Gasteiger partial charge is 0.228 e. The van der Waals surface area contributed by atoms with Crippen LogP contribution >= 0.6 is 11.6 Å². The van der Waals surface area contributed by atoms with Crippen molar-refractivity contribution in [1.82, 2.24) is 9.21 Å².